The van der Waals surface area contributed by atoms with Crippen molar-refractivity contribution < 1.29 is 23.4 Å². The molecule has 1 rings (SSSR count). The maximum Gasteiger partial charge on any atom is 0.339 e. The summed E-state index contributed by atoms with van der Waals surface area (Å²) in [5.41, 5.74) is -0.410. The number of aryl methyl sites for hydroxylation is 1. The molecule has 94 valence electrons. The highest BCUT2D eigenvalue weighted by atomic mass is 19.1. The van der Waals surface area contributed by atoms with Gasteiger partial charge in [-0.3, -0.25) is 0 Å². The van der Waals surface area contributed by atoms with E-state index >= 15 is 0 Å². The summed E-state index contributed by atoms with van der Waals surface area (Å²) in [7, 11) is 0. The molecule has 0 amide bonds. The van der Waals surface area contributed by atoms with Gasteiger partial charge in [0.25, 0.3) is 0 Å². The van der Waals surface area contributed by atoms with E-state index in [0.717, 1.165) is 6.07 Å². The summed E-state index contributed by atoms with van der Waals surface area (Å²) in [6.45, 7) is 3.27. The SMILES string of the molecule is CCOC(=O)C(O)c1c(F)ccc(CC)c1F. The Morgan fingerprint density at radius 3 is 2.59 bits per heavy atom. The van der Waals surface area contributed by atoms with Crippen LogP contribution >= 0.6 is 0 Å². The maximum absolute atomic E-state index is 13.8. The minimum absolute atomic E-state index is 0.0343. The van der Waals surface area contributed by atoms with Crippen LogP contribution in [0.25, 0.3) is 0 Å². The first kappa shape index (κ1) is 13.6. The Balaban J connectivity index is 3.16. The van der Waals surface area contributed by atoms with Crippen LogP contribution in [0, 0.1) is 11.6 Å². The molecule has 0 aromatic heterocycles. The van der Waals surface area contributed by atoms with Gasteiger partial charge in [0.1, 0.15) is 11.6 Å². The van der Waals surface area contributed by atoms with E-state index in [9.17, 15) is 18.7 Å². The van der Waals surface area contributed by atoms with Gasteiger partial charge < -0.3 is 9.84 Å². The third kappa shape index (κ3) is 2.79. The molecule has 1 aromatic carbocycles. The molecule has 0 fully saturated rings. The Hall–Kier alpha value is -1.49. The molecule has 1 N–H and O–H groups in total. The van der Waals surface area contributed by atoms with Crippen molar-refractivity contribution in [2.75, 3.05) is 6.61 Å². The molecule has 3 nitrogen and oxygen atoms in total. The molecule has 0 saturated carbocycles. The van der Waals surface area contributed by atoms with Gasteiger partial charge in [-0.15, -0.1) is 0 Å². The topological polar surface area (TPSA) is 46.5 Å². The normalized spacial score (nSPS) is 12.3. The van der Waals surface area contributed by atoms with E-state index in [1.165, 1.54) is 6.07 Å². The minimum atomic E-state index is -1.93. The van der Waals surface area contributed by atoms with Crippen LogP contribution < -0.4 is 0 Å². The molecule has 0 saturated heterocycles. The molecule has 1 aromatic rings. The lowest BCUT2D eigenvalue weighted by Gasteiger charge is -2.13. The van der Waals surface area contributed by atoms with Crippen LogP contribution in [0.3, 0.4) is 0 Å². The average Bonchev–Trinajstić information content (AvgIpc) is 2.29. The molecule has 17 heavy (non-hydrogen) atoms. The molecule has 0 aliphatic rings. The van der Waals surface area contributed by atoms with E-state index in [1.807, 2.05) is 0 Å². The minimum Gasteiger partial charge on any atom is -0.464 e. The smallest absolute Gasteiger partial charge is 0.339 e. The van der Waals surface area contributed by atoms with Crippen molar-refractivity contribution in [3.8, 4) is 0 Å². The Kier molecular flexibility index (Phi) is 4.57. The molecule has 5 heteroatoms. The lowest BCUT2D eigenvalue weighted by atomic mass is 10.0. The monoisotopic (exact) mass is 244 g/mol. The first-order chi connectivity index (χ1) is 8.02. The van der Waals surface area contributed by atoms with Gasteiger partial charge in [-0.2, -0.15) is 0 Å². The summed E-state index contributed by atoms with van der Waals surface area (Å²) in [6, 6.07) is 2.31. The predicted octanol–water partition coefficient (Wildman–Crippen LogP) is 2.12. The number of hydrogen-bond acceptors (Lipinski definition) is 3. The molecule has 1 unspecified atom stereocenters. The van der Waals surface area contributed by atoms with Gasteiger partial charge in [-0.1, -0.05) is 13.0 Å². The first-order valence-electron chi connectivity index (χ1n) is 5.34. The van der Waals surface area contributed by atoms with Crippen molar-refractivity contribution in [2.24, 2.45) is 0 Å². The zero-order valence-corrected chi connectivity index (χ0v) is 9.67. The number of carbonyl (C=O) groups is 1. The Morgan fingerprint density at radius 2 is 2.06 bits per heavy atom. The molecule has 0 spiro atoms. The molecule has 0 radical (unpaired) electrons. The molecule has 0 heterocycles. The molecular formula is C12H14F2O3. The number of esters is 1. The van der Waals surface area contributed by atoms with Crippen molar-refractivity contribution in [3.05, 3.63) is 34.9 Å². The van der Waals surface area contributed by atoms with Crippen LogP contribution in [-0.2, 0) is 16.0 Å². The fraction of sp³-hybridized carbons (Fsp3) is 0.417. The van der Waals surface area contributed by atoms with E-state index in [4.69, 9.17) is 0 Å². The number of hydrogen-bond donors (Lipinski definition) is 1. The summed E-state index contributed by atoms with van der Waals surface area (Å²) in [6.07, 6.45) is -1.59. The van der Waals surface area contributed by atoms with Crippen LogP contribution in [0.2, 0.25) is 0 Å². The summed E-state index contributed by atoms with van der Waals surface area (Å²) in [4.78, 5) is 11.2. The van der Waals surface area contributed by atoms with Crippen LogP contribution in [0.5, 0.6) is 0 Å². The van der Waals surface area contributed by atoms with Crippen molar-refractivity contribution >= 4 is 5.97 Å². The second kappa shape index (κ2) is 5.72. The van der Waals surface area contributed by atoms with E-state index in [1.54, 1.807) is 13.8 Å². The number of aliphatic hydroxyl groups excluding tert-OH is 1. The summed E-state index contributed by atoms with van der Waals surface area (Å²) < 4.78 is 31.7. The molecule has 1 atom stereocenters. The van der Waals surface area contributed by atoms with Gasteiger partial charge in [0.15, 0.2) is 6.10 Å². The number of carbonyl (C=O) groups excluding carboxylic acids is 1. The standard InChI is InChI=1S/C12H14F2O3/c1-3-7-5-6-8(13)9(10(7)14)11(15)12(16)17-4-2/h5-6,11,15H,3-4H2,1-2H3. The van der Waals surface area contributed by atoms with Crippen LogP contribution in [0.4, 0.5) is 8.78 Å². The third-order valence-electron chi connectivity index (χ3n) is 2.37. The van der Waals surface area contributed by atoms with E-state index in [2.05, 4.69) is 4.74 Å². The Morgan fingerprint density at radius 1 is 1.41 bits per heavy atom. The van der Waals surface area contributed by atoms with Crippen molar-refractivity contribution in [3.63, 3.8) is 0 Å². The van der Waals surface area contributed by atoms with Crippen molar-refractivity contribution in [1.82, 2.24) is 0 Å². The summed E-state index contributed by atoms with van der Waals surface area (Å²) in [5.74, 6) is -2.91. The lowest BCUT2D eigenvalue weighted by molar-refractivity contribution is -0.153. The predicted molar refractivity (Wildman–Crippen MR) is 57.3 cm³/mol. The largest absolute Gasteiger partial charge is 0.464 e. The second-order valence-corrected chi connectivity index (χ2v) is 3.44. The highest BCUT2D eigenvalue weighted by molar-refractivity contribution is 5.76. The van der Waals surface area contributed by atoms with Crippen molar-refractivity contribution in [2.45, 2.75) is 26.4 Å². The van der Waals surface area contributed by atoms with Crippen LogP contribution in [0.15, 0.2) is 12.1 Å². The maximum atomic E-state index is 13.8. The van der Waals surface area contributed by atoms with Crippen LogP contribution in [-0.4, -0.2) is 17.7 Å². The van der Waals surface area contributed by atoms with Gasteiger partial charge in [0.05, 0.1) is 12.2 Å². The number of aliphatic hydroxyl groups is 1. The zero-order chi connectivity index (χ0) is 13.0. The van der Waals surface area contributed by atoms with E-state index < -0.39 is 29.3 Å². The molecular weight excluding hydrogens is 230 g/mol. The third-order valence-corrected chi connectivity index (χ3v) is 2.37. The Labute approximate surface area is 98.0 Å². The number of ether oxygens (including phenoxy) is 1. The average molecular weight is 244 g/mol. The molecule has 0 aliphatic heterocycles. The number of halogens is 2. The van der Waals surface area contributed by atoms with Gasteiger partial charge in [-0.25, -0.2) is 13.6 Å². The van der Waals surface area contributed by atoms with E-state index in [-0.39, 0.29) is 12.2 Å². The summed E-state index contributed by atoms with van der Waals surface area (Å²) >= 11 is 0. The highest BCUT2D eigenvalue weighted by Gasteiger charge is 2.27. The fourth-order valence-corrected chi connectivity index (χ4v) is 1.48. The van der Waals surface area contributed by atoms with Gasteiger partial charge in [0, 0.05) is 0 Å². The first-order valence-corrected chi connectivity index (χ1v) is 5.34. The van der Waals surface area contributed by atoms with Crippen LogP contribution in [0.1, 0.15) is 31.1 Å². The number of rotatable bonds is 4. The molecule has 0 aliphatic carbocycles. The molecule has 0 bridgehead atoms. The summed E-state index contributed by atoms with van der Waals surface area (Å²) in [5, 5.41) is 9.55. The number of benzene rings is 1. The Bertz CT molecular complexity index is 418. The van der Waals surface area contributed by atoms with Crippen molar-refractivity contribution in [1.29, 1.82) is 0 Å². The fourth-order valence-electron chi connectivity index (χ4n) is 1.48. The lowest BCUT2D eigenvalue weighted by Crippen LogP contribution is -2.18. The highest BCUT2D eigenvalue weighted by Crippen LogP contribution is 2.24. The second-order valence-electron chi connectivity index (χ2n) is 3.44. The zero-order valence-electron chi connectivity index (χ0n) is 9.67. The van der Waals surface area contributed by atoms with Gasteiger partial charge >= 0.3 is 5.97 Å². The quantitative estimate of drug-likeness (QED) is 0.825. The van der Waals surface area contributed by atoms with Gasteiger partial charge in [-0.05, 0) is 25.0 Å². The van der Waals surface area contributed by atoms with Gasteiger partial charge in [0.2, 0.25) is 0 Å². The van der Waals surface area contributed by atoms with E-state index in [0.29, 0.717) is 6.42 Å².